The van der Waals surface area contributed by atoms with Crippen molar-refractivity contribution in [1.82, 2.24) is 0 Å². The first-order valence-electron chi connectivity index (χ1n) is 12.9. The van der Waals surface area contributed by atoms with Gasteiger partial charge in [0.15, 0.2) is 0 Å². The van der Waals surface area contributed by atoms with Crippen LogP contribution in [0, 0.1) is 22.7 Å². The van der Waals surface area contributed by atoms with E-state index in [0.717, 1.165) is 8.97 Å². The van der Waals surface area contributed by atoms with E-state index in [9.17, 15) is 126 Å². The van der Waals surface area contributed by atoms with Crippen LogP contribution in [-0.4, -0.2) is 137 Å². The van der Waals surface area contributed by atoms with E-state index < -0.39 is 71.8 Å². The van der Waals surface area contributed by atoms with Gasteiger partial charge >= 0.3 is 66.5 Å². The Kier molecular flexibility index (Phi) is 25.7. The molecule has 0 heterocycles. The molecule has 1 radical (unpaired) electrons. The third-order valence-electron chi connectivity index (χ3n) is 4.19. The van der Waals surface area contributed by atoms with Crippen molar-refractivity contribution in [3.8, 4) is 12.1 Å². The van der Waals surface area contributed by atoms with Crippen molar-refractivity contribution in [3.05, 3.63) is 0 Å². The Bertz CT molecular complexity index is 1000. The van der Waals surface area contributed by atoms with Gasteiger partial charge in [-0.15, -0.1) is 0 Å². The van der Waals surface area contributed by atoms with E-state index >= 15 is 0 Å². The summed E-state index contributed by atoms with van der Waals surface area (Å²) in [6.45, 7) is 2.86. The molecule has 0 aromatic carbocycles. The minimum absolute atomic E-state index is 0. The summed E-state index contributed by atoms with van der Waals surface area (Å²) in [6, 6.07) is 3.50. The molecule has 0 amide bonds. The van der Waals surface area contributed by atoms with Gasteiger partial charge in [0.1, 0.15) is 0 Å². The Morgan fingerprint density at radius 3 is 0.351 bits per heavy atom. The van der Waals surface area contributed by atoms with E-state index in [1.807, 2.05) is 0 Å². The minimum Gasteiger partial charge on any atom is -0.837 e. The molecule has 0 atom stereocenters. The van der Waals surface area contributed by atoms with Gasteiger partial charge in [0.05, 0.1) is 90.9 Å². The number of hydrogen-bond acceptors (Lipinski definition) is 6. The zero-order chi connectivity index (χ0) is 48.4. The van der Waals surface area contributed by atoms with Gasteiger partial charge in [-0.05, 0) is 0 Å². The van der Waals surface area contributed by atoms with E-state index in [1.54, 1.807) is 12.1 Å². The largest absolute Gasteiger partial charge is 2.00 e. The molecule has 0 unspecified atom stereocenters. The molecule has 0 aromatic heterocycles. The number of hydrogen-bond donors (Lipinski definition) is 0. The maximum atomic E-state index is 11.9. The summed E-state index contributed by atoms with van der Waals surface area (Å²) in [4.78, 5) is 0. The monoisotopic (exact) mass is 957 g/mol. The van der Waals surface area contributed by atoms with Crippen molar-refractivity contribution in [3.63, 3.8) is 0 Å². The second-order valence-electron chi connectivity index (χ2n) is 12.5. The first-order chi connectivity index (χ1) is 23.3. The van der Waals surface area contributed by atoms with Gasteiger partial charge in [-0.1, -0.05) is 0 Å². The van der Waals surface area contributed by atoms with Crippen LogP contribution in [0.1, 0.15) is 13.8 Å². The van der Waals surface area contributed by atoms with Crippen LogP contribution in [0.15, 0.2) is 0 Å². The fourth-order valence-electron chi connectivity index (χ4n) is 2.24. The Morgan fingerprint density at radius 1 is 0.298 bits per heavy atom. The van der Waals surface area contributed by atoms with Crippen molar-refractivity contribution in [2.45, 2.75) is 85.7 Å². The minimum atomic E-state index is -7.86. The van der Waals surface area contributed by atoms with Gasteiger partial charge in [0.25, 0.3) is 0 Å². The molecule has 8 nitrogen and oxygen atoms in total. The second kappa shape index (κ2) is 21.2. The Labute approximate surface area is 317 Å². The summed E-state index contributed by atoms with van der Waals surface area (Å²) in [6.07, 6.45) is -61.6. The number of quaternary nitrogens is 2. The molecule has 349 valence electrons. The molecule has 0 fully saturated rings. The van der Waals surface area contributed by atoms with Crippen LogP contribution >= 0.6 is 0 Å². The van der Waals surface area contributed by atoms with Crippen LogP contribution in [-0.2, 0) is 17.1 Å². The van der Waals surface area contributed by atoms with Crippen LogP contribution in [0.2, 0.25) is 0 Å². The standard InChI is InChI=1S/2C6F12O2.2C4H12N.2C2H3N.Cu/c2*7-3(8,9)1(19,4(10,11)12)2(20,5(13,14)15)6(16,17)18;2*1-5(2,3)4;2*1-2-3;/h;;2*1-4H3;2*1H3;/q2*-2;2*+1;;;+2. The number of rotatable bonds is 2. The fourth-order valence-corrected chi connectivity index (χ4v) is 2.24. The Balaban J connectivity index is -0.000000125. The molecule has 0 rings (SSSR count). The molecule has 0 aliphatic rings. The maximum absolute atomic E-state index is 11.9. The molecular weight excluding hydrogens is 928 g/mol. The first kappa shape index (κ1) is 69.2. The average Bonchev–Trinajstić information content (AvgIpc) is 2.80. The van der Waals surface area contributed by atoms with Crippen LogP contribution in [0.5, 0.6) is 0 Å². The van der Waals surface area contributed by atoms with Gasteiger partial charge < -0.3 is 29.4 Å². The van der Waals surface area contributed by atoms with Crippen molar-refractivity contribution in [2.24, 2.45) is 0 Å². The average molecular weight is 958 g/mol. The fraction of sp³-hybridized carbons (Fsp3) is 0.917. The molecule has 0 aliphatic carbocycles. The van der Waals surface area contributed by atoms with Gasteiger partial charge in [0.2, 0.25) is 0 Å². The number of alkyl halides is 24. The molecule has 33 heteroatoms. The Hall–Kier alpha value is -2.42. The summed E-state index contributed by atoms with van der Waals surface area (Å²) in [5, 5.41) is 56.5. The molecule has 0 aliphatic heterocycles. The zero-order valence-corrected chi connectivity index (χ0v) is 30.7. The molecule has 0 bridgehead atoms. The van der Waals surface area contributed by atoms with Crippen molar-refractivity contribution in [1.29, 1.82) is 10.5 Å². The number of halogens is 24. The second-order valence-corrected chi connectivity index (χ2v) is 12.5. The third-order valence-corrected chi connectivity index (χ3v) is 4.19. The molecule has 0 aromatic rings. The third kappa shape index (κ3) is 18.6. The maximum Gasteiger partial charge on any atom is 2.00 e. The van der Waals surface area contributed by atoms with Crippen molar-refractivity contribution < 1.29 is 152 Å². The van der Waals surface area contributed by atoms with E-state index in [4.69, 9.17) is 10.5 Å². The van der Waals surface area contributed by atoms with E-state index in [-0.39, 0.29) is 17.1 Å². The first-order valence-corrected chi connectivity index (χ1v) is 12.9. The van der Waals surface area contributed by atoms with E-state index in [0.29, 0.717) is 0 Å². The molecule has 0 spiro atoms. The predicted octanol–water partition coefficient (Wildman–Crippen LogP) is 4.57. The van der Waals surface area contributed by atoms with Gasteiger partial charge in [0, 0.05) is 13.8 Å². The van der Waals surface area contributed by atoms with Crippen LogP contribution in [0.4, 0.5) is 105 Å². The molecular formula is C24H30CuF24N4O4. The smallest absolute Gasteiger partial charge is 0.837 e. The van der Waals surface area contributed by atoms with Gasteiger partial charge in [-0.25, -0.2) is 0 Å². The molecule has 0 N–H and O–H groups in total. The number of nitriles is 2. The number of nitrogens with zero attached hydrogens (tertiary/aromatic N) is 4. The Morgan fingerprint density at radius 2 is 0.333 bits per heavy atom. The van der Waals surface area contributed by atoms with Crippen LogP contribution in [0.25, 0.3) is 0 Å². The van der Waals surface area contributed by atoms with Gasteiger partial charge in [-0.3, -0.25) is 0 Å². The van der Waals surface area contributed by atoms with Crippen LogP contribution in [0.3, 0.4) is 0 Å². The zero-order valence-electron chi connectivity index (χ0n) is 29.8. The topological polar surface area (TPSA) is 140 Å². The quantitative estimate of drug-likeness (QED) is 0.226. The van der Waals surface area contributed by atoms with E-state index in [1.165, 1.54) is 13.8 Å². The van der Waals surface area contributed by atoms with Crippen LogP contribution < -0.4 is 20.4 Å². The summed E-state index contributed by atoms with van der Waals surface area (Å²) >= 11 is 0. The van der Waals surface area contributed by atoms with Crippen molar-refractivity contribution >= 4 is 0 Å². The van der Waals surface area contributed by atoms with Gasteiger partial charge in [-0.2, -0.15) is 116 Å². The molecule has 0 saturated heterocycles. The summed E-state index contributed by atoms with van der Waals surface area (Å²) in [5.41, 5.74) is -31.4. The SMILES string of the molecule is CC#N.CC#N.C[N+](C)(C)C.C[N+](C)(C)C.[Cu+2].[O-]C(C(F)(F)F)(C(F)(F)F)C([O-])(C(F)(F)F)C(F)(F)F.[O-]C(C(F)(F)F)(C(F)(F)F)C([O-])(C(F)(F)F)C(F)(F)F. The van der Waals surface area contributed by atoms with E-state index in [2.05, 4.69) is 56.4 Å². The summed E-state index contributed by atoms with van der Waals surface area (Å²) < 4.78 is 288. The molecule has 57 heavy (non-hydrogen) atoms. The van der Waals surface area contributed by atoms with Crippen molar-refractivity contribution in [2.75, 3.05) is 56.4 Å². The molecule has 0 saturated carbocycles. The summed E-state index contributed by atoms with van der Waals surface area (Å²) in [7, 11) is 17.0. The normalized spacial score (nSPS) is 14.0. The predicted molar refractivity (Wildman–Crippen MR) is 130 cm³/mol. The summed E-state index contributed by atoms with van der Waals surface area (Å²) in [5.74, 6) is 0.